The second kappa shape index (κ2) is 4.55. The van der Waals surface area contributed by atoms with E-state index < -0.39 is 9.05 Å². The lowest BCUT2D eigenvalue weighted by Crippen LogP contribution is -2.06. The van der Waals surface area contributed by atoms with Crippen LogP contribution in [0.5, 0.6) is 0 Å². The van der Waals surface area contributed by atoms with Crippen LogP contribution >= 0.6 is 22.3 Å². The Hall–Kier alpha value is -0.250. The number of hydrogen-bond donors (Lipinski definition) is 0. The van der Waals surface area contributed by atoms with E-state index in [-0.39, 0.29) is 10.8 Å². The fraction of sp³-hybridized carbons (Fsp3) is 0.455. The molecule has 90 valence electrons. The summed E-state index contributed by atoms with van der Waals surface area (Å²) in [5.74, 6) is 0.148. The van der Waals surface area contributed by atoms with E-state index in [9.17, 15) is 8.42 Å². The van der Waals surface area contributed by atoms with Gasteiger partial charge in [0.1, 0.15) is 0 Å². The number of hydrogen-bond acceptors (Lipinski definition) is 2. The second-order valence-electron chi connectivity index (χ2n) is 3.88. The fourth-order valence-electron chi connectivity index (χ4n) is 1.85. The molecule has 0 saturated carbocycles. The highest BCUT2D eigenvalue weighted by Gasteiger charge is 2.23. The molecule has 0 aliphatic rings. The molecule has 5 heteroatoms. The fourth-order valence-corrected chi connectivity index (χ4v) is 3.92. The van der Waals surface area contributed by atoms with Gasteiger partial charge in [0.05, 0.1) is 4.90 Å². The summed E-state index contributed by atoms with van der Waals surface area (Å²) < 4.78 is 23.1. The van der Waals surface area contributed by atoms with Crippen molar-refractivity contribution in [1.82, 2.24) is 0 Å². The lowest BCUT2D eigenvalue weighted by atomic mass is 9.95. The van der Waals surface area contributed by atoms with Crippen molar-refractivity contribution in [3.8, 4) is 0 Å². The molecule has 0 bridgehead atoms. The van der Waals surface area contributed by atoms with Gasteiger partial charge in [0, 0.05) is 16.6 Å². The predicted molar refractivity (Wildman–Crippen MR) is 68.0 cm³/mol. The molecule has 1 rings (SSSR count). The maximum atomic E-state index is 11.6. The van der Waals surface area contributed by atoms with Crippen LogP contribution in [0.3, 0.4) is 0 Å². The van der Waals surface area contributed by atoms with Gasteiger partial charge in [0.2, 0.25) is 0 Å². The van der Waals surface area contributed by atoms with Crippen molar-refractivity contribution in [1.29, 1.82) is 0 Å². The molecule has 0 fully saturated rings. The van der Waals surface area contributed by atoms with E-state index in [1.807, 2.05) is 20.8 Å². The number of benzene rings is 1. The standard InChI is InChI=1S/C11H14Cl2O2S/c1-6-7(2)9(4)11(16(13,14)15)10(5-12)8(6)3/h5H2,1-4H3. The summed E-state index contributed by atoms with van der Waals surface area (Å²) in [5, 5.41) is 0. The first-order chi connectivity index (χ1) is 7.21. The average molecular weight is 281 g/mol. The average Bonchev–Trinajstić information content (AvgIpc) is 2.18. The van der Waals surface area contributed by atoms with Crippen molar-refractivity contribution in [2.75, 3.05) is 0 Å². The molecule has 16 heavy (non-hydrogen) atoms. The predicted octanol–water partition coefficient (Wildman–Crippen LogP) is 3.59. The molecular formula is C11H14Cl2O2S. The zero-order valence-corrected chi connectivity index (χ0v) is 12.0. The van der Waals surface area contributed by atoms with Gasteiger partial charge >= 0.3 is 0 Å². The van der Waals surface area contributed by atoms with Crippen molar-refractivity contribution >= 4 is 31.3 Å². The first-order valence-electron chi connectivity index (χ1n) is 4.81. The zero-order valence-electron chi connectivity index (χ0n) is 9.69. The summed E-state index contributed by atoms with van der Waals surface area (Å²) in [4.78, 5) is 0.171. The van der Waals surface area contributed by atoms with Crippen LogP contribution in [0.15, 0.2) is 4.90 Å². The molecule has 0 aliphatic carbocycles. The molecule has 1 aromatic carbocycles. The van der Waals surface area contributed by atoms with Crippen LogP contribution in [0.1, 0.15) is 27.8 Å². The van der Waals surface area contributed by atoms with Gasteiger partial charge in [-0.15, -0.1) is 11.6 Å². The SMILES string of the molecule is Cc1c(C)c(C)c(S(=O)(=O)Cl)c(CCl)c1C. The molecule has 0 N–H and O–H groups in total. The summed E-state index contributed by atoms with van der Waals surface area (Å²) >= 11 is 5.82. The van der Waals surface area contributed by atoms with Gasteiger partial charge in [-0.25, -0.2) is 8.42 Å². The van der Waals surface area contributed by atoms with E-state index in [4.69, 9.17) is 22.3 Å². The Morgan fingerprint density at radius 2 is 1.38 bits per heavy atom. The largest absolute Gasteiger partial charge is 0.261 e. The minimum atomic E-state index is -3.75. The monoisotopic (exact) mass is 280 g/mol. The highest BCUT2D eigenvalue weighted by Crippen LogP contribution is 2.32. The highest BCUT2D eigenvalue weighted by molar-refractivity contribution is 8.13. The quantitative estimate of drug-likeness (QED) is 0.613. The Kier molecular flexibility index (Phi) is 3.93. The van der Waals surface area contributed by atoms with Crippen LogP contribution in [0, 0.1) is 27.7 Å². The Labute approximate surface area is 106 Å². The van der Waals surface area contributed by atoms with Crippen molar-refractivity contribution < 1.29 is 8.42 Å². The second-order valence-corrected chi connectivity index (χ2v) is 6.65. The first-order valence-corrected chi connectivity index (χ1v) is 7.66. The van der Waals surface area contributed by atoms with E-state index in [1.54, 1.807) is 6.92 Å². The van der Waals surface area contributed by atoms with Gasteiger partial charge in [-0.2, -0.15) is 0 Å². The summed E-state index contributed by atoms with van der Waals surface area (Å²) in [6.07, 6.45) is 0. The molecule has 0 saturated heterocycles. The third-order valence-corrected chi connectivity index (χ3v) is 4.90. The molecule has 0 heterocycles. The Morgan fingerprint density at radius 1 is 0.938 bits per heavy atom. The van der Waals surface area contributed by atoms with Crippen LogP contribution < -0.4 is 0 Å². The molecule has 2 nitrogen and oxygen atoms in total. The molecule has 0 amide bonds. The minimum absolute atomic E-state index is 0.148. The third kappa shape index (κ3) is 2.22. The zero-order chi connectivity index (χ0) is 12.7. The van der Waals surface area contributed by atoms with Crippen LogP contribution in [0.2, 0.25) is 0 Å². The Balaban J connectivity index is 3.87. The lowest BCUT2D eigenvalue weighted by molar-refractivity contribution is 0.608. The third-order valence-electron chi connectivity index (χ3n) is 3.13. The van der Waals surface area contributed by atoms with E-state index in [0.29, 0.717) is 11.1 Å². The molecular weight excluding hydrogens is 267 g/mol. The van der Waals surface area contributed by atoms with Crippen molar-refractivity contribution in [2.24, 2.45) is 0 Å². The molecule has 0 unspecified atom stereocenters. The Morgan fingerprint density at radius 3 is 1.75 bits per heavy atom. The molecule has 0 spiro atoms. The van der Waals surface area contributed by atoms with E-state index in [1.165, 1.54) is 0 Å². The summed E-state index contributed by atoms with van der Waals surface area (Å²) in [6.45, 7) is 7.47. The van der Waals surface area contributed by atoms with Crippen molar-refractivity contribution in [2.45, 2.75) is 38.5 Å². The van der Waals surface area contributed by atoms with E-state index in [2.05, 4.69) is 0 Å². The summed E-state index contributed by atoms with van der Waals surface area (Å²) in [6, 6.07) is 0. The number of alkyl halides is 1. The van der Waals surface area contributed by atoms with Crippen LogP contribution in [-0.4, -0.2) is 8.42 Å². The van der Waals surface area contributed by atoms with E-state index in [0.717, 1.165) is 16.7 Å². The van der Waals surface area contributed by atoms with Crippen LogP contribution in [0.25, 0.3) is 0 Å². The maximum Gasteiger partial charge on any atom is 0.261 e. The van der Waals surface area contributed by atoms with Gasteiger partial charge in [-0.05, 0) is 55.5 Å². The van der Waals surface area contributed by atoms with Crippen LogP contribution in [0.4, 0.5) is 0 Å². The molecule has 1 aromatic rings. The van der Waals surface area contributed by atoms with Crippen molar-refractivity contribution in [3.63, 3.8) is 0 Å². The van der Waals surface area contributed by atoms with Crippen LogP contribution in [-0.2, 0) is 14.9 Å². The summed E-state index contributed by atoms with van der Waals surface area (Å²) in [7, 11) is 1.71. The van der Waals surface area contributed by atoms with Crippen molar-refractivity contribution in [3.05, 3.63) is 27.8 Å². The molecule has 0 aliphatic heterocycles. The molecule has 0 atom stereocenters. The number of rotatable bonds is 2. The molecule has 0 radical (unpaired) electrons. The molecule has 0 aromatic heterocycles. The lowest BCUT2D eigenvalue weighted by Gasteiger charge is -2.17. The smallest absolute Gasteiger partial charge is 0.207 e. The Bertz CT molecular complexity index is 534. The topological polar surface area (TPSA) is 34.1 Å². The summed E-state index contributed by atoms with van der Waals surface area (Å²) in [5.41, 5.74) is 4.21. The van der Waals surface area contributed by atoms with Gasteiger partial charge in [0.15, 0.2) is 0 Å². The number of halogens is 2. The highest BCUT2D eigenvalue weighted by atomic mass is 35.7. The van der Waals surface area contributed by atoms with Gasteiger partial charge in [-0.3, -0.25) is 0 Å². The van der Waals surface area contributed by atoms with Gasteiger partial charge in [-0.1, -0.05) is 0 Å². The van der Waals surface area contributed by atoms with Gasteiger partial charge < -0.3 is 0 Å². The maximum absolute atomic E-state index is 11.6. The normalized spacial score (nSPS) is 11.9. The van der Waals surface area contributed by atoms with E-state index >= 15 is 0 Å². The van der Waals surface area contributed by atoms with Gasteiger partial charge in [0.25, 0.3) is 9.05 Å². The first kappa shape index (κ1) is 13.8. The minimum Gasteiger partial charge on any atom is -0.207 e.